The number of hydrogen-bond acceptors (Lipinski definition) is 3. The van der Waals surface area contributed by atoms with Crippen LogP contribution in [0.1, 0.15) is 37.7 Å². The van der Waals surface area contributed by atoms with Gasteiger partial charge in [-0.2, -0.15) is 0 Å². The average Bonchev–Trinajstić information content (AvgIpc) is 2.69. The van der Waals surface area contributed by atoms with Gasteiger partial charge in [-0.15, -0.1) is 0 Å². The van der Waals surface area contributed by atoms with Crippen molar-refractivity contribution >= 4 is 5.91 Å². The largest absolute Gasteiger partial charge is 0.381 e. The number of carbonyl (C=O) groups is 1. The van der Waals surface area contributed by atoms with Gasteiger partial charge in [-0.05, 0) is 55.7 Å². The second-order valence-corrected chi connectivity index (χ2v) is 8.04. The maximum absolute atomic E-state index is 13.1. The van der Waals surface area contributed by atoms with Crippen LogP contribution in [0.5, 0.6) is 0 Å². The van der Waals surface area contributed by atoms with Crippen LogP contribution in [0.4, 0.5) is 4.39 Å². The summed E-state index contributed by atoms with van der Waals surface area (Å²) in [4.78, 5) is 17.7. The summed E-state index contributed by atoms with van der Waals surface area (Å²) >= 11 is 0. The highest BCUT2D eigenvalue weighted by molar-refractivity contribution is 5.79. The summed E-state index contributed by atoms with van der Waals surface area (Å²) in [6, 6.07) is 7.24. The minimum absolute atomic E-state index is 0.166. The van der Waals surface area contributed by atoms with Crippen LogP contribution in [-0.4, -0.2) is 54.6 Å². The third-order valence-electron chi connectivity index (χ3n) is 6.33. The van der Waals surface area contributed by atoms with Crippen LogP contribution in [0.25, 0.3) is 0 Å². The van der Waals surface area contributed by atoms with Crippen molar-refractivity contribution in [3.05, 3.63) is 35.6 Å². The van der Waals surface area contributed by atoms with Crippen molar-refractivity contribution in [2.45, 2.75) is 44.7 Å². The number of carbonyl (C=O) groups excluding carboxylic acids is 1. The highest BCUT2D eigenvalue weighted by Gasteiger charge is 2.40. The molecule has 1 aromatic rings. The SMILES string of the molecule is O=C(C1CCOCC1)N1CCC[C@@H]2CN(Cc3ccc(F)cc3)CC[C@H]21. The molecule has 0 saturated carbocycles. The van der Waals surface area contributed by atoms with E-state index < -0.39 is 0 Å². The summed E-state index contributed by atoms with van der Waals surface area (Å²) in [5.74, 6) is 0.929. The van der Waals surface area contributed by atoms with Gasteiger partial charge in [0.05, 0.1) is 0 Å². The van der Waals surface area contributed by atoms with E-state index in [0.717, 1.165) is 70.6 Å². The van der Waals surface area contributed by atoms with E-state index in [-0.39, 0.29) is 11.7 Å². The highest BCUT2D eigenvalue weighted by atomic mass is 19.1. The molecule has 2 atom stereocenters. The van der Waals surface area contributed by atoms with Crippen LogP contribution in [0.2, 0.25) is 0 Å². The minimum atomic E-state index is -0.179. The van der Waals surface area contributed by atoms with Gasteiger partial charge in [-0.25, -0.2) is 4.39 Å². The Balaban J connectivity index is 1.37. The Morgan fingerprint density at radius 1 is 1.08 bits per heavy atom. The molecule has 4 nitrogen and oxygen atoms in total. The summed E-state index contributed by atoms with van der Waals surface area (Å²) in [6.45, 7) is 5.30. The Morgan fingerprint density at radius 3 is 2.62 bits per heavy atom. The number of piperidine rings is 2. The lowest BCUT2D eigenvalue weighted by molar-refractivity contribution is -0.145. The molecule has 4 rings (SSSR count). The van der Waals surface area contributed by atoms with E-state index in [9.17, 15) is 9.18 Å². The Hall–Kier alpha value is -1.46. The van der Waals surface area contributed by atoms with Gasteiger partial charge in [0.25, 0.3) is 0 Å². The van der Waals surface area contributed by atoms with Crippen LogP contribution in [-0.2, 0) is 16.1 Å². The van der Waals surface area contributed by atoms with Crippen molar-refractivity contribution in [2.75, 3.05) is 32.8 Å². The molecule has 26 heavy (non-hydrogen) atoms. The average molecular weight is 360 g/mol. The van der Waals surface area contributed by atoms with E-state index in [1.807, 2.05) is 12.1 Å². The maximum Gasteiger partial charge on any atom is 0.226 e. The summed E-state index contributed by atoms with van der Waals surface area (Å²) in [5, 5.41) is 0. The number of nitrogens with zero attached hydrogens (tertiary/aromatic N) is 2. The molecule has 0 bridgehead atoms. The summed E-state index contributed by atoms with van der Waals surface area (Å²) in [7, 11) is 0. The number of benzene rings is 1. The minimum Gasteiger partial charge on any atom is -0.381 e. The smallest absolute Gasteiger partial charge is 0.226 e. The number of likely N-dealkylation sites (tertiary alicyclic amines) is 2. The van der Waals surface area contributed by atoms with Crippen LogP contribution in [0.15, 0.2) is 24.3 Å². The topological polar surface area (TPSA) is 32.8 Å². The molecule has 0 unspecified atom stereocenters. The van der Waals surface area contributed by atoms with Gasteiger partial charge in [0.1, 0.15) is 5.82 Å². The van der Waals surface area contributed by atoms with E-state index in [4.69, 9.17) is 4.74 Å². The fourth-order valence-electron chi connectivity index (χ4n) is 4.92. The third-order valence-corrected chi connectivity index (χ3v) is 6.33. The first-order valence-electron chi connectivity index (χ1n) is 10.1. The van der Waals surface area contributed by atoms with E-state index in [2.05, 4.69) is 9.80 Å². The number of rotatable bonds is 3. The summed E-state index contributed by atoms with van der Waals surface area (Å²) < 4.78 is 18.5. The van der Waals surface area contributed by atoms with Crippen molar-refractivity contribution in [3.63, 3.8) is 0 Å². The van der Waals surface area contributed by atoms with E-state index in [0.29, 0.717) is 17.9 Å². The summed E-state index contributed by atoms with van der Waals surface area (Å²) in [5.41, 5.74) is 1.16. The molecule has 142 valence electrons. The number of fused-ring (bicyclic) bond motifs is 1. The molecule has 0 aliphatic carbocycles. The lowest BCUT2D eigenvalue weighted by Crippen LogP contribution is -2.57. The molecular weight excluding hydrogens is 331 g/mol. The molecule has 0 radical (unpaired) electrons. The number of amides is 1. The highest BCUT2D eigenvalue weighted by Crippen LogP contribution is 2.33. The molecule has 3 aliphatic rings. The van der Waals surface area contributed by atoms with Crippen molar-refractivity contribution < 1.29 is 13.9 Å². The van der Waals surface area contributed by atoms with E-state index in [1.54, 1.807) is 0 Å². The van der Waals surface area contributed by atoms with E-state index >= 15 is 0 Å². The first-order chi connectivity index (χ1) is 12.7. The normalized spacial score (nSPS) is 28.0. The van der Waals surface area contributed by atoms with E-state index in [1.165, 1.54) is 18.6 Å². The lowest BCUT2D eigenvalue weighted by Gasteiger charge is -2.48. The third kappa shape index (κ3) is 3.94. The van der Waals surface area contributed by atoms with Crippen molar-refractivity contribution in [1.29, 1.82) is 0 Å². The van der Waals surface area contributed by atoms with Crippen LogP contribution >= 0.6 is 0 Å². The van der Waals surface area contributed by atoms with Crippen molar-refractivity contribution in [1.82, 2.24) is 9.80 Å². The molecule has 5 heteroatoms. The van der Waals surface area contributed by atoms with Crippen molar-refractivity contribution in [3.8, 4) is 0 Å². The second-order valence-electron chi connectivity index (χ2n) is 8.04. The molecule has 1 aromatic carbocycles. The van der Waals surface area contributed by atoms with Crippen LogP contribution < -0.4 is 0 Å². The molecule has 0 spiro atoms. The first-order valence-corrected chi connectivity index (χ1v) is 10.1. The zero-order chi connectivity index (χ0) is 17.9. The van der Waals surface area contributed by atoms with Gasteiger partial charge < -0.3 is 9.64 Å². The monoisotopic (exact) mass is 360 g/mol. The van der Waals surface area contributed by atoms with Gasteiger partial charge >= 0.3 is 0 Å². The van der Waals surface area contributed by atoms with Gasteiger partial charge in [-0.1, -0.05) is 12.1 Å². The van der Waals surface area contributed by atoms with Gasteiger partial charge in [-0.3, -0.25) is 9.69 Å². The molecule has 0 N–H and O–H groups in total. The molecule has 3 aliphatic heterocycles. The standard InChI is InChI=1S/C21H29FN2O2/c22-19-5-3-16(4-6-19)14-23-11-7-20-18(15-23)2-1-10-24(20)21(25)17-8-12-26-13-9-17/h3-6,17-18,20H,1-2,7-15H2/t18-,20-/m1/s1. The van der Waals surface area contributed by atoms with Crippen molar-refractivity contribution in [2.24, 2.45) is 11.8 Å². The van der Waals surface area contributed by atoms with Gasteiger partial charge in [0.2, 0.25) is 5.91 Å². The molecule has 1 amide bonds. The lowest BCUT2D eigenvalue weighted by atomic mass is 9.82. The zero-order valence-corrected chi connectivity index (χ0v) is 15.4. The van der Waals surface area contributed by atoms with Crippen LogP contribution in [0.3, 0.4) is 0 Å². The molecule has 0 aromatic heterocycles. The molecule has 3 saturated heterocycles. The number of halogens is 1. The predicted octanol–water partition coefficient (Wildman–Crippen LogP) is 3.07. The van der Waals surface area contributed by atoms with Gasteiger partial charge in [0, 0.05) is 51.4 Å². The fourth-order valence-corrected chi connectivity index (χ4v) is 4.92. The fraction of sp³-hybridized carbons (Fsp3) is 0.667. The quantitative estimate of drug-likeness (QED) is 0.831. The molecular formula is C21H29FN2O2. The first kappa shape index (κ1) is 17.9. The van der Waals surface area contributed by atoms with Gasteiger partial charge in [0.15, 0.2) is 0 Å². The molecule has 3 fully saturated rings. The number of ether oxygens (including phenoxy) is 1. The zero-order valence-electron chi connectivity index (χ0n) is 15.4. The number of hydrogen-bond donors (Lipinski definition) is 0. The molecule has 3 heterocycles. The Labute approximate surface area is 155 Å². The second kappa shape index (κ2) is 8.05. The summed E-state index contributed by atoms with van der Waals surface area (Å²) in [6.07, 6.45) is 5.14. The Morgan fingerprint density at radius 2 is 1.85 bits per heavy atom. The Kier molecular flexibility index (Phi) is 5.55. The predicted molar refractivity (Wildman–Crippen MR) is 98.1 cm³/mol. The Bertz CT molecular complexity index is 615. The maximum atomic E-state index is 13.1. The van der Waals surface area contributed by atoms with Crippen LogP contribution in [0, 0.1) is 17.7 Å².